The number of anilines is 1. The van der Waals surface area contributed by atoms with Crippen LogP contribution in [0.5, 0.6) is 0 Å². The maximum absolute atomic E-state index is 5.63. The van der Waals surface area contributed by atoms with Gasteiger partial charge in [0.1, 0.15) is 17.2 Å². The molecule has 5 nitrogen and oxygen atoms in total. The molecule has 0 saturated carbocycles. The van der Waals surface area contributed by atoms with Crippen molar-refractivity contribution in [2.24, 2.45) is 5.84 Å². The van der Waals surface area contributed by atoms with Gasteiger partial charge in [-0.15, -0.1) is 11.8 Å². The van der Waals surface area contributed by atoms with E-state index in [2.05, 4.69) is 29.2 Å². The van der Waals surface area contributed by atoms with Crippen molar-refractivity contribution in [2.75, 3.05) is 17.8 Å². The van der Waals surface area contributed by atoms with E-state index in [4.69, 9.17) is 10.6 Å². The van der Waals surface area contributed by atoms with Crippen LogP contribution in [0.15, 0.2) is 11.4 Å². The van der Waals surface area contributed by atoms with E-state index in [-0.39, 0.29) is 0 Å². The number of aromatic nitrogens is 2. The minimum absolute atomic E-state index is 0.337. The smallest absolute Gasteiger partial charge is 0.147 e. The first-order chi connectivity index (χ1) is 8.72. The summed E-state index contributed by atoms with van der Waals surface area (Å²) in [4.78, 5) is 8.54. The molecule has 0 radical (unpaired) electrons. The Balaban J connectivity index is 2.10. The van der Waals surface area contributed by atoms with Crippen molar-refractivity contribution in [1.29, 1.82) is 0 Å². The minimum Gasteiger partial charge on any atom is -0.377 e. The first-order valence-corrected chi connectivity index (χ1v) is 7.26. The maximum atomic E-state index is 5.63. The van der Waals surface area contributed by atoms with Crippen LogP contribution in [0.4, 0.5) is 5.82 Å². The number of nitrogens with zero attached hydrogens (tertiary/aromatic N) is 2. The van der Waals surface area contributed by atoms with Crippen LogP contribution in [-0.2, 0) is 4.74 Å². The number of rotatable bonds is 5. The summed E-state index contributed by atoms with van der Waals surface area (Å²) in [6, 6.07) is 0. The lowest BCUT2D eigenvalue weighted by atomic mass is 10.1. The maximum Gasteiger partial charge on any atom is 0.147 e. The van der Waals surface area contributed by atoms with Crippen LogP contribution in [0.2, 0.25) is 0 Å². The third-order valence-corrected chi connectivity index (χ3v) is 4.13. The fraction of sp³-hybridized carbons (Fsp3) is 0.667. The standard InChI is InChI=1S/C12H20N4OS/c1-8(2)10-11(16-13)14-7-15-12(10)18-6-9-4-3-5-17-9/h7-9H,3-6,13H2,1-2H3,(H,14,15,16). The van der Waals surface area contributed by atoms with Crippen molar-refractivity contribution in [3.63, 3.8) is 0 Å². The van der Waals surface area contributed by atoms with E-state index in [1.54, 1.807) is 18.1 Å². The molecule has 1 aromatic heterocycles. The fourth-order valence-electron chi connectivity index (χ4n) is 2.08. The molecular weight excluding hydrogens is 248 g/mol. The summed E-state index contributed by atoms with van der Waals surface area (Å²) in [7, 11) is 0. The van der Waals surface area contributed by atoms with Gasteiger partial charge in [0.2, 0.25) is 0 Å². The van der Waals surface area contributed by atoms with Gasteiger partial charge in [-0.3, -0.25) is 0 Å². The third kappa shape index (κ3) is 3.13. The summed E-state index contributed by atoms with van der Waals surface area (Å²) < 4.78 is 5.63. The van der Waals surface area contributed by atoms with Crippen LogP contribution in [0, 0.1) is 0 Å². The third-order valence-electron chi connectivity index (χ3n) is 2.99. The van der Waals surface area contributed by atoms with Crippen molar-refractivity contribution >= 4 is 17.6 Å². The Labute approximate surface area is 112 Å². The van der Waals surface area contributed by atoms with E-state index in [0.717, 1.165) is 35.2 Å². The highest BCUT2D eigenvalue weighted by molar-refractivity contribution is 7.99. The van der Waals surface area contributed by atoms with Crippen LogP contribution < -0.4 is 11.3 Å². The zero-order chi connectivity index (χ0) is 13.0. The molecule has 1 aromatic rings. The normalized spacial score (nSPS) is 19.4. The molecule has 6 heteroatoms. The monoisotopic (exact) mass is 268 g/mol. The largest absolute Gasteiger partial charge is 0.377 e. The molecule has 18 heavy (non-hydrogen) atoms. The van der Waals surface area contributed by atoms with Crippen LogP contribution in [0.25, 0.3) is 0 Å². The number of hydrogen-bond donors (Lipinski definition) is 2. The lowest BCUT2D eigenvalue weighted by molar-refractivity contribution is 0.129. The Morgan fingerprint density at radius 2 is 2.39 bits per heavy atom. The first-order valence-electron chi connectivity index (χ1n) is 6.28. The SMILES string of the molecule is CC(C)c1c(NN)ncnc1SCC1CCCO1. The summed E-state index contributed by atoms with van der Waals surface area (Å²) in [5.41, 5.74) is 3.74. The fourth-order valence-corrected chi connectivity index (χ4v) is 3.29. The summed E-state index contributed by atoms with van der Waals surface area (Å²) in [6.45, 7) is 5.13. The van der Waals surface area contributed by atoms with Gasteiger partial charge in [-0.2, -0.15) is 0 Å². The van der Waals surface area contributed by atoms with Gasteiger partial charge in [-0.05, 0) is 18.8 Å². The highest BCUT2D eigenvalue weighted by Gasteiger charge is 2.19. The summed E-state index contributed by atoms with van der Waals surface area (Å²) in [5.74, 6) is 7.50. The number of thioether (sulfide) groups is 1. The molecule has 2 heterocycles. The van der Waals surface area contributed by atoms with Crippen molar-refractivity contribution in [3.05, 3.63) is 11.9 Å². The topological polar surface area (TPSA) is 73.1 Å². The molecule has 1 atom stereocenters. The van der Waals surface area contributed by atoms with Gasteiger partial charge in [0, 0.05) is 17.9 Å². The second kappa shape index (κ2) is 6.36. The number of hydrogen-bond acceptors (Lipinski definition) is 6. The first kappa shape index (κ1) is 13.6. The number of nitrogens with two attached hydrogens (primary N) is 1. The molecule has 1 aliphatic heterocycles. The summed E-state index contributed by atoms with van der Waals surface area (Å²) in [5, 5.41) is 1.00. The Morgan fingerprint density at radius 3 is 3.00 bits per heavy atom. The Bertz CT molecular complexity index is 394. The lowest BCUT2D eigenvalue weighted by Crippen LogP contribution is -2.14. The lowest BCUT2D eigenvalue weighted by Gasteiger charge is -2.16. The quantitative estimate of drug-likeness (QED) is 0.369. The Kier molecular flexibility index (Phi) is 4.79. The summed E-state index contributed by atoms with van der Waals surface area (Å²) in [6.07, 6.45) is 4.23. The molecule has 0 amide bonds. The Morgan fingerprint density at radius 1 is 1.56 bits per heavy atom. The average molecular weight is 268 g/mol. The molecule has 0 aliphatic carbocycles. The van der Waals surface area contributed by atoms with Gasteiger partial charge >= 0.3 is 0 Å². The van der Waals surface area contributed by atoms with Crippen LogP contribution in [0.1, 0.15) is 38.2 Å². The van der Waals surface area contributed by atoms with Gasteiger partial charge in [0.05, 0.1) is 6.10 Å². The molecular formula is C12H20N4OS. The van der Waals surface area contributed by atoms with E-state index in [0.29, 0.717) is 12.0 Å². The highest BCUT2D eigenvalue weighted by atomic mass is 32.2. The number of ether oxygens (including phenoxy) is 1. The molecule has 2 rings (SSSR count). The predicted octanol–water partition coefficient (Wildman–Crippen LogP) is 2.16. The second-order valence-electron chi connectivity index (χ2n) is 4.69. The molecule has 3 N–H and O–H groups in total. The molecule has 1 unspecified atom stereocenters. The molecule has 0 spiro atoms. The van der Waals surface area contributed by atoms with E-state index < -0.39 is 0 Å². The Hall–Kier alpha value is -0.850. The molecule has 1 saturated heterocycles. The van der Waals surface area contributed by atoms with Crippen molar-refractivity contribution in [3.8, 4) is 0 Å². The molecule has 0 aromatic carbocycles. The number of nitrogen functional groups attached to an aromatic ring is 1. The number of hydrazine groups is 1. The minimum atomic E-state index is 0.337. The average Bonchev–Trinajstić information content (AvgIpc) is 2.88. The van der Waals surface area contributed by atoms with E-state index >= 15 is 0 Å². The van der Waals surface area contributed by atoms with E-state index in [1.165, 1.54) is 6.42 Å². The van der Waals surface area contributed by atoms with Gasteiger partial charge < -0.3 is 10.2 Å². The van der Waals surface area contributed by atoms with Gasteiger partial charge in [0.25, 0.3) is 0 Å². The van der Waals surface area contributed by atoms with Crippen LogP contribution >= 0.6 is 11.8 Å². The summed E-state index contributed by atoms with van der Waals surface area (Å²) >= 11 is 1.73. The predicted molar refractivity (Wildman–Crippen MR) is 73.6 cm³/mol. The second-order valence-corrected chi connectivity index (χ2v) is 5.69. The zero-order valence-corrected chi connectivity index (χ0v) is 11.7. The van der Waals surface area contributed by atoms with Gasteiger partial charge in [-0.25, -0.2) is 15.8 Å². The van der Waals surface area contributed by atoms with E-state index in [9.17, 15) is 0 Å². The van der Waals surface area contributed by atoms with Crippen molar-refractivity contribution in [1.82, 2.24) is 9.97 Å². The van der Waals surface area contributed by atoms with Gasteiger partial charge in [-0.1, -0.05) is 13.8 Å². The van der Waals surface area contributed by atoms with Gasteiger partial charge in [0.15, 0.2) is 0 Å². The van der Waals surface area contributed by atoms with Crippen LogP contribution in [-0.4, -0.2) is 28.4 Å². The molecule has 100 valence electrons. The molecule has 1 fully saturated rings. The van der Waals surface area contributed by atoms with E-state index in [1.807, 2.05) is 0 Å². The van der Waals surface area contributed by atoms with Crippen molar-refractivity contribution in [2.45, 2.75) is 43.7 Å². The number of nitrogens with one attached hydrogen (secondary N) is 1. The van der Waals surface area contributed by atoms with Crippen molar-refractivity contribution < 1.29 is 4.74 Å². The zero-order valence-electron chi connectivity index (χ0n) is 10.8. The van der Waals surface area contributed by atoms with Crippen LogP contribution in [0.3, 0.4) is 0 Å². The molecule has 0 bridgehead atoms. The molecule has 1 aliphatic rings. The highest BCUT2D eigenvalue weighted by Crippen LogP contribution is 2.32.